The summed E-state index contributed by atoms with van der Waals surface area (Å²) in [6, 6.07) is 12.6. The van der Waals surface area contributed by atoms with Gasteiger partial charge in [0.25, 0.3) is 0 Å². The predicted molar refractivity (Wildman–Crippen MR) is 102 cm³/mol. The summed E-state index contributed by atoms with van der Waals surface area (Å²) in [5.41, 5.74) is 2.92. The van der Waals surface area contributed by atoms with Gasteiger partial charge in [-0.25, -0.2) is 14.4 Å². The highest BCUT2D eigenvalue weighted by Gasteiger charge is 2.17. The average Bonchev–Trinajstić information content (AvgIpc) is 2.71. The Hall–Kier alpha value is -2.70. The van der Waals surface area contributed by atoms with Crippen molar-refractivity contribution in [1.82, 2.24) is 24.8 Å². The van der Waals surface area contributed by atoms with Gasteiger partial charge in [0.15, 0.2) is 5.82 Å². The van der Waals surface area contributed by atoms with E-state index in [1.807, 2.05) is 36.7 Å². The van der Waals surface area contributed by atoms with Crippen molar-refractivity contribution in [1.29, 1.82) is 0 Å². The summed E-state index contributed by atoms with van der Waals surface area (Å²) in [5.74, 6) is 0.486. The van der Waals surface area contributed by atoms with Gasteiger partial charge in [-0.1, -0.05) is 18.2 Å². The number of rotatable bonds is 5. The fourth-order valence-corrected chi connectivity index (χ4v) is 3.32. The smallest absolute Gasteiger partial charge is 0.178 e. The second-order valence-electron chi connectivity index (χ2n) is 6.81. The molecule has 5 nitrogen and oxygen atoms in total. The molecule has 0 N–H and O–H groups in total. The maximum absolute atomic E-state index is 13.3. The Balaban J connectivity index is 1.29. The fraction of sp³-hybridized carbons (Fsp3) is 0.286. The van der Waals surface area contributed by atoms with E-state index in [2.05, 4.69) is 24.8 Å². The molecule has 0 unspecified atom stereocenters. The van der Waals surface area contributed by atoms with Gasteiger partial charge in [-0.2, -0.15) is 0 Å². The summed E-state index contributed by atoms with van der Waals surface area (Å²) in [4.78, 5) is 17.9. The number of hydrogen-bond acceptors (Lipinski definition) is 5. The van der Waals surface area contributed by atoms with Gasteiger partial charge in [-0.3, -0.25) is 14.8 Å². The van der Waals surface area contributed by atoms with E-state index in [0.29, 0.717) is 5.82 Å². The minimum atomic E-state index is -0.166. The van der Waals surface area contributed by atoms with Crippen LogP contribution in [0.15, 0.2) is 61.1 Å². The Morgan fingerprint density at radius 2 is 1.48 bits per heavy atom. The topological polar surface area (TPSA) is 45.2 Å². The van der Waals surface area contributed by atoms with E-state index in [1.165, 1.54) is 6.07 Å². The monoisotopic (exact) mass is 363 g/mol. The maximum atomic E-state index is 13.3. The third-order valence-corrected chi connectivity index (χ3v) is 4.77. The molecule has 6 heteroatoms. The number of halogens is 1. The average molecular weight is 363 g/mol. The molecule has 0 saturated carbocycles. The highest BCUT2D eigenvalue weighted by molar-refractivity contribution is 5.47. The first-order chi connectivity index (χ1) is 13.3. The Bertz CT molecular complexity index is 861. The Morgan fingerprint density at radius 1 is 0.778 bits per heavy atom. The van der Waals surface area contributed by atoms with Gasteiger partial charge in [0, 0.05) is 63.4 Å². The largest absolute Gasteiger partial charge is 0.297 e. The van der Waals surface area contributed by atoms with Crippen LogP contribution in [-0.4, -0.2) is 50.9 Å². The zero-order valence-electron chi connectivity index (χ0n) is 15.1. The van der Waals surface area contributed by atoms with Gasteiger partial charge in [0.2, 0.25) is 0 Å². The molecule has 3 aromatic rings. The van der Waals surface area contributed by atoms with Crippen LogP contribution in [0.3, 0.4) is 0 Å². The summed E-state index contributed by atoms with van der Waals surface area (Å²) in [6.45, 7) is 5.56. The molecule has 2 aromatic heterocycles. The van der Waals surface area contributed by atoms with Crippen molar-refractivity contribution in [3.05, 3.63) is 78.0 Å². The van der Waals surface area contributed by atoms with E-state index < -0.39 is 0 Å². The first kappa shape index (κ1) is 17.7. The SMILES string of the molecule is Fc1cccc(CN2CCN(Cc3cnc(-c4ccccn4)nc3)CC2)c1. The minimum absolute atomic E-state index is 0.166. The molecule has 0 spiro atoms. The normalized spacial score (nSPS) is 15.7. The van der Waals surface area contributed by atoms with Crippen LogP contribution in [0, 0.1) is 5.82 Å². The lowest BCUT2D eigenvalue weighted by Crippen LogP contribution is -2.45. The van der Waals surface area contributed by atoms with E-state index >= 15 is 0 Å². The molecule has 27 heavy (non-hydrogen) atoms. The van der Waals surface area contributed by atoms with Gasteiger partial charge in [0.1, 0.15) is 11.5 Å². The highest BCUT2D eigenvalue weighted by atomic mass is 19.1. The van der Waals surface area contributed by atoms with Gasteiger partial charge in [0.05, 0.1) is 0 Å². The van der Waals surface area contributed by atoms with Crippen molar-refractivity contribution in [2.24, 2.45) is 0 Å². The zero-order valence-corrected chi connectivity index (χ0v) is 15.1. The molecule has 138 valence electrons. The van der Waals surface area contributed by atoms with Gasteiger partial charge in [-0.05, 0) is 29.8 Å². The molecule has 0 radical (unpaired) electrons. The van der Waals surface area contributed by atoms with Crippen molar-refractivity contribution in [3.8, 4) is 11.5 Å². The second-order valence-corrected chi connectivity index (χ2v) is 6.81. The summed E-state index contributed by atoms with van der Waals surface area (Å²) in [6.07, 6.45) is 5.52. The first-order valence-corrected chi connectivity index (χ1v) is 9.18. The van der Waals surface area contributed by atoms with Crippen molar-refractivity contribution in [2.75, 3.05) is 26.2 Å². The van der Waals surface area contributed by atoms with Crippen LogP contribution in [0.2, 0.25) is 0 Å². The van der Waals surface area contributed by atoms with Crippen molar-refractivity contribution < 1.29 is 4.39 Å². The van der Waals surface area contributed by atoms with Crippen LogP contribution in [0.25, 0.3) is 11.5 Å². The molecular formula is C21H22FN5. The fourth-order valence-electron chi connectivity index (χ4n) is 3.32. The van der Waals surface area contributed by atoms with Gasteiger partial charge < -0.3 is 0 Å². The lowest BCUT2D eigenvalue weighted by atomic mass is 10.2. The van der Waals surface area contributed by atoms with Crippen LogP contribution in [0.5, 0.6) is 0 Å². The summed E-state index contributed by atoms with van der Waals surface area (Å²) >= 11 is 0. The number of pyridine rings is 1. The Morgan fingerprint density at radius 3 is 2.11 bits per heavy atom. The number of benzene rings is 1. The molecule has 0 atom stereocenters. The molecule has 1 fully saturated rings. The van der Waals surface area contributed by atoms with Gasteiger partial charge >= 0.3 is 0 Å². The number of aromatic nitrogens is 3. The van der Waals surface area contributed by atoms with E-state index in [4.69, 9.17) is 0 Å². The second kappa shape index (κ2) is 8.33. The molecule has 0 aliphatic carbocycles. The summed E-state index contributed by atoms with van der Waals surface area (Å²) in [5, 5.41) is 0. The molecule has 4 rings (SSSR count). The molecule has 1 aliphatic heterocycles. The van der Waals surface area contributed by atoms with Crippen LogP contribution in [-0.2, 0) is 13.1 Å². The first-order valence-electron chi connectivity index (χ1n) is 9.18. The quantitative estimate of drug-likeness (QED) is 0.697. The van der Waals surface area contributed by atoms with Crippen molar-refractivity contribution >= 4 is 0 Å². The molecule has 1 saturated heterocycles. The Kier molecular flexibility index (Phi) is 5.46. The van der Waals surface area contributed by atoms with Crippen molar-refractivity contribution in [2.45, 2.75) is 13.1 Å². The van der Waals surface area contributed by atoms with E-state index in [9.17, 15) is 4.39 Å². The van der Waals surface area contributed by atoms with Crippen LogP contribution in [0.4, 0.5) is 4.39 Å². The standard InChI is InChI=1S/C21H22FN5/c22-19-5-3-4-17(12-19)15-26-8-10-27(11-9-26)16-18-13-24-21(25-14-18)20-6-1-2-7-23-20/h1-7,12-14H,8-11,15-16H2. The number of nitrogens with zero attached hydrogens (tertiary/aromatic N) is 5. The molecule has 0 amide bonds. The van der Waals surface area contributed by atoms with Crippen LogP contribution >= 0.6 is 0 Å². The third-order valence-electron chi connectivity index (χ3n) is 4.77. The molecule has 0 bridgehead atoms. The predicted octanol–water partition coefficient (Wildman–Crippen LogP) is 3.00. The van der Waals surface area contributed by atoms with E-state index in [0.717, 1.165) is 56.1 Å². The van der Waals surface area contributed by atoms with Crippen LogP contribution in [0.1, 0.15) is 11.1 Å². The molecular weight excluding hydrogens is 341 g/mol. The Labute approximate surface area is 158 Å². The molecule has 1 aliphatic rings. The number of hydrogen-bond donors (Lipinski definition) is 0. The molecule has 1 aromatic carbocycles. The lowest BCUT2D eigenvalue weighted by molar-refractivity contribution is 0.122. The third kappa shape index (κ3) is 4.72. The summed E-state index contributed by atoms with van der Waals surface area (Å²) < 4.78 is 13.3. The van der Waals surface area contributed by atoms with Crippen LogP contribution < -0.4 is 0 Å². The van der Waals surface area contributed by atoms with E-state index in [-0.39, 0.29) is 5.82 Å². The number of piperazine rings is 1. The minimum Gasteiger partial charge on any atom is -0.297 e. The lowest BCUT2D eigenvalue weighted by Gasteiger charge is -2.34. The van der Waals surface area contributed by atoms with Crippen molar-refractivity contribution in [3.63, 3.8) is 0 Å². The zero-order chi connectivity index (χ0) is 18.5. The summed E-state index contributed by atoms with van der Waals surface area (Å²) in [7, 11) is 0. The van der Waals surface area contributed by atoms with Gasteiger partial charge in [-0.15, -0.1) is 0 Å². The maximum Gasteiger partial charge on any atom is 0.178 e. The van der Waals surface area contributed by atoms with E-state index in [1.54, 1.807) is 18.3 Å². The highest BCUT2D eigenvalue weighted by Crippen LogP contribution is 2.14. The molecule has 3 heterocycles.